The van der Waals surface area contributed by atoms with E-state index in [-0.39, 0.29) is 17.3 Å². The van der Waals surface area contributed by atoms with Crippen LogP contribution >= 0.6 is 11.8 Å². The third-order valence-electron chi connectivity index (χ3n) is 4.31. The van der Waals surface area contributed by atoms with E-state index >= 15 is 0 Å². The number of ether oxygens (including phenoxy) is 1. The van der Waals surface area contributed by atoms with E-state index in [1.807, 2.05) is 0 Å². The van der Waals surface area contributed by atoms with Crippen molar-refractivity contribution >= 4 is 40.7 Å². The molecule has 1 atom stereocenters. The Balaban J connectivity index is 1.79. The van der Waals surface area contributed by atoms with Gasteiger partial charge in [0.05, 0.1) is 11.5 Å². The van der Waals surface area contributed by atoms with Crippen molar-refractivity contribution in [2.45, 2.75) is 26.8 Å². The minimum Gasteiger partial charge on any atom is -0.464 e. The SMILES string of the molecule is CCOC(=O)[C@H](C)N1C(=O)S/C(=C\c2ccc(-c3ccc(C(C)=O)cc3)o2)C1=O. The molecule has 8 heteroatoms. The number of carbonyl (C=O) groups is 4. The van der Waals surface area contributed by atoms with Gasteiger partial charge < -0.3 is 9.15 Å². The monoisotopic (exact) mass is 413 g/mol. The summed E-state index contributed by atoms with van der Waals surface area (Å²) in [4.78, 5) is 49.1. The quantitative estimate of drug-likeness (QED) is 0.399. The molecule has 0 radical (unpaired) electrons. The lowest BCUT2D eigenvalue weighted by Crippen LogP contribution is -2.42. The first-order chi connectivity index (χ1) is 13.8. The molecule has 3 rings (SSSR count). The molecule has 1 saturated heterocycles. The van der Waals surface area contributed by atoms with E-state index in [1.165, 1.54) is 19.9 Å². The van der Waals surface area contributed by atoms with Gasteiger partial charge in [-0.2, -0.15) is 0 Å². The van der Waals surface area contributed by atoms with Crippen molar-refractivity contribution in [1.82, 2.24) is 4.90 Å². The minimum absolute atomic E-state index is 0.0237. The molecule has 29 heavy (non-hydrogen) atoms. The molecule has 7 nitrogen and oxygen atoms in total. The third-order valence-corrected chi connectivity index (χ3v) is 5.20. The summed E-state index contributed by atoms with van der Waals surface area (Å²) in [6, 6.07) is 9.38. The molecule has 2 amide bonds. The Morgan fingerprint density at radius 3 is 2.48 bits per heavy atom. The van der Waals surface area contributed by atoms with Gasteiger partial charge in [-0.15, -0.1) is 0 Å². The number of hydrogen-bond donors (Lipinski definition) is 0. The topological polar surface area (TPSA) is 93.9 Å². The molecule has 1 fully saturated rings. The highest BCUT2D eigenvalue weighted by Crippen LogP contribution is 2.34. The molecule has 2 aromatic rings. The molecule has 1 aliphatic heterocycles. The molecule has 1 aromatic carbocycles. The van der Waals surface area contributed by atoms with Crippen molar-refractivity contribution in [3.63, 3.8) is 0 Å². The van der Waals surface area contributed by atoms with Crippen molar-refractivity contribution in [3.8, 4) is 11.3 Å². The second-order valence-electron chi connectivity index (χ2n) is 6.32. The van der Waals surface area contributed by atoms with Crippen LogP contribution in [0.3, 0.4) is 0 Å². The first-order valence-electron chi connectivity index (χ1n) is 8.96. The van der Waals surface area contributed by atoms with E-state index in [2.05, 4.69) is 0 Å². The van der Waals surface area contributed by atoms with Gasteiger partial charge in [-0.3, -0.25) is 19.3 Å². The van der Waals surface area contributed by atoms with Crippen molar-refractivity contribution < 1.29 is 28.3 Å². The zero-order valence-electron chi connectivity index (χ0n) is 16.1. The van der Waals surface area contributed by atoms with E-state index in [1.54, 1.807) is 43.3 Å². The molecule has 150 valence electrons. The summed E-state index contributed by atoms with van der Waals surface area (Å²) in [5.41, 5.74) is 1.38. The molecule has 0 saturated carbocycles. The van der Waals surface area contributed by atoms with Crippen LogP contribution in [-0.4, -0.2) is 40.4 Å². The Morgan fingerprint density at radius 1 is 1.17 bits per heavy atom. The Hall–Kier alpha value is -3.13. The number of esters is 1. The number of Topliss-reactive ketones (excluding diaryl/α,β-unsaturated/α-hetero) is 1. The number of furan rings is 1. The molecule has 0 N–H and O–H groups in total. The van der Waals surface area contributed by atoms with Gasteiger partial charge in [0.25, 0.3) is 11.1 Å². The number of ketones is 1. The van der Waals surface area contributed by atoms with Crippen molar-refractivity contribution in [2.24, 2.45) is 0 Å². The molecule has 0 bridgehead atoms. The Kier molecular flexibility index (Phi) is 6.03. The second kappa shape index (κ2) is 8.48. The lowest BCUT2D eigenvalue weighted by atomic mass is 10.1. The Labute approximate surface area is 171 Å². The van der Waals surface area contributed by atoms with Crippen LogP contribution in [0, 0.1) is 0 Å². The van der Waals surface area contributed by atoms with Crippen LogP contribution in [0.1, 0.15) is 36.9 Å². The van der Waals surface area contributed by atoms with Gasteiger partial charge in [-0.05, 0) is 44.7 Å². The molecule has 0 aliphatic carbocycles. The molecule has 0 unspecified atom stereocenters. The zero-order chi connectivity index (χ0) is 21.1. The minimum atomic E-state index is -1.000. The fourth-order valence-electron chi connectivity index (χ4n) is 2.77. The van der Waals surface area contributed by atoms with Crippen LogP contribution in [0.4, 0.5) is 4.79 Å². The maximum atomic E-state index is 12.6. The predicted octanol–water partition coefficient (Wildman–Crippen LogP) is 4.14. The average Bonchev–Trinajstić information content (AvgIpc) is 3.26. The number of benzene rings is 1. The van der Waals surface area contributed by atoms with Crippen LogP contribution in [0.5, 0.6) is 0 Å². The zero-order valence-corrected chi connectivity index (χ0v) is 16.9. The second-order valence-corrected chi connectivity index (χ2v) is 7.31. The normalized spacial score (nSPS) is 16.4. The highest BCUT2D eigenvalue weighted by Gasteiger charge is 2.41. The molecule has 1 aliphatic rings. The third kappa shape index (κ3) is 4.32. The van der Waals surface area contributed by atoms with Crippen molar-refractivity contribution in [2.75, 3.05) is 6.61 Å². The van der Waals surface area contributed by atoms with E-state index < -0.39 is 23.2 Å². The van der Waals surface area contributed by atoms with Crippen molar-refractivity contribution in [3.05, 3.63) is 52.6 Å². The van der Waals surface area contributed by atoms with Crippen LogP contribution in [0.15, 0.2) is 45.7 Å². The predicted molar refractivity (Wildman–Crippen MR) is 108 cm³/mol. The smallest absolute Gasteiger partial charge is 0.329 e. The molecule has 0 spiro atoms. The average molecular weight is 413 g/mol. The number of amides is 2. The molecular formula is C21H19NO6S. The summed E-state index contributed by atoms with van der Waals surface area (Å²) in [6.07, 6.45) is 1.47. The Bertz CT molecular complexity index is 1000. The van der Waals surface area contributed by atoms with Gasteiger partial charge in [0.2, 0.25) is 0 Å². The maximum absolute atomic E-state index is 12.6. The molecule has 2 heterocycles. The van der Waals surface area contributed by atoms with E-state index in [0.29, 0.717) is 17.1 Å². The molecular weight excluding hydrogens is 394 g/mol. The lowest BCUT2D eigenvalue weighted by Gasteiger charge is -2.19. The summed E-state index contributed by atoms with van der Waals surface area (Å²) < 4.78 is 10.6. The van der Waals surface area contributed by atoms with Crippen LogP contribution in [0.2, 0.25) is 0 Å². The molecule has 1 aromatic heterocycles. The number of carbonyl (C=O) groups excluding carboxylic acids is 4. The largest absolute Gasteiger partial charge is 0.464 e. The summed E-state index contributed by atoms with van der Waals surface area (Å²) in [5, 5.41) is -0.534. The number of rotatable bonds is 6. The van der Waals surface area contributed by atoms with Crippen LogP contribution in [0.25, 0.3) is 17.4 Å². The van der Waals surface area contributed by atoms with Gasteiger partial charge in [0, 0.05) is 17.2 Å². The van der Waals surface area contributed by atoms with Gasteiger partial charge in [-0.25, -0.2) is 4.79 Å². The van der Waals surface area contributed by atoms with Gasteiger partial charge in [-0.1, -0.05) is 24.3 Å². The fourth-order valence-corrected chi connectivity index (χ4v) is 3.65. The summed E-state index contributed by atoms with van der Waals surface area (Å²) in [7, 11) is 0. The first kappa shape index (κ1) is 20.6. The summed E-state index contributed by atoms with van der Waals surface area (Å²) in [6.45, 7) is 4.76. The van der Waals surface area contributed by atoms with Gasteiger partial charge >= 0.3 is 5.97 Å². The summed E-state index contributed by atoms with van der Waals surface area (Å²) in [5.74, 6) is -0.269. The highest BCUT2D eigenvalue weighted by molar-refractivity contribution is 8.18. The highest BCUT2D eigenvalue weighted by atomic mass is 32.2. The van der Waals surface area contributed by atoms with E-state index in [0.717, 1.165) is 22.2 Å². The van der Waals surface area contributed by atoms with E-state index in [4.69, 9.17) is 9.15 Å². The van der Waals surface area contributed by atoms with Crippen LogP contribution in [-0.2, 0) is 14.3 Å². The maximum Gasteiger partial charge on any atom is 0.329 e. The Morgan fingerprint density at radius 2 is 1.86 bits per heavy atom. The lowest BCUT2D eigenvalue weighted by molar-refractivity contribution is -0.150. The van der Waals surface area contributed by atoms with E-state index in [9.17, 15) is 19.2 Å². The van der Waals surface area contributed by atoms with Crippen molar-refractivity contribution in [1.29, 1.82) is 0 Å². The fraction of sp³-hybridized carbons (Fsp3) is 0.238. The standard InChI is InChI=1S/C21H19NO6S/c1-4-27-20(25)12(2)22-19(24)18(29-21(22)26)11-16-9-10-17(28-16)15-7-5-14(6-8-15)13(3)23/h5-12H,4H2,1-3H3/b18-11-/t12-/m0/s1. The van der Waals surface area contributed by atoms with Gasteiger partial charge in [0.15, 0.2) is 5.78 Å². The van der Waals surface area contributed by atoms with Crippen LogP contribution < -0.4 is 0 Å². The number of nitrogens with zero attached hydrogens (tertiary/aromatic N) is 1. The van der Waals surface area contributed by atoms with Gasteiger partial charge in [0.1, 0.15) is 17.6 Å². The number of hydrogen-bond acceptors (Lipinski definition) is 7. The number of thioether (sulfide) groups is 1. The summed E-state index contributed by atoms with van der Waals surface area (Å²) >= 11 is 0.744. The number of imide groups is 1. The first-order valence-corrected chi connectivity index (χ1v) is 9.78.